The van der Waals surface area contributed by atoms with Crippen molar-refractivity contribution < 1.29 is 14.4 Å². The highest BCUT2D eigenvalue weighted by Crippen LogP contribution is 2.22. The molecule has 0 aromatic carbocycles. The number of carbonyl (C=O) groups excluding carboxylic acids is 1. The summed E-state index contributed by atoms with van der Waals surface area (Å²) in [7, 11) is 1.34. The van der Waals surface area contributed by atoms with Crippen LogP contribution in [0.15, 0.2) is 24.1 Å². The molecule has 0 saturated carbocycles. The van der Waals surface area contributed by atoms with Crippen LogP contribution in [0.5, 0.6) is 0 Å². The molecule has 0 bridgehead atoms. The normalized spacial score (nSPS) is 9.50. The Morgan fingerprint density at radius 2 is 2.57 bits per heavy atom. The number of ether oxygens (including phenoxy) is 1. The lowest BCUT2D eigenvalue weighted by Crippen LogP contribution is -2.06. The summed E-state index contributed by atoms with van der Waals surface area (Å²) in [5.41, 5.74) is 3.26. The smallest absolute Gasteiger partial charge is 0.350 e. The van der Waals surface area contributed by atoms with Gasteiger partial charge in [0.25, 0.3) is 0 Å². The van der Waals surface area contributed by atoms with Crippen molar-refractivity contribution in [2.24, 2.45) is 0 Å². The van der Waals surface area contributed by atoms with Crippen molar-refractivity contribution in [1.29, 1.82) is 0 Å². The minimum Gasteiger partial charge on any atom is -0.465 e. The summed E-state index contributed by atoms with van der Waals surface area (Å²) < 4.78 is 4.60. The van der Waals surface area contributed by atoms with Crippen LogP contribution >= 0.6 is 11.3 Å². The molecule has 0 aliphatic rings. The van der Waals surface area contributed by atoms with Crippen LogP contribution in [0.3, 0.4) is 0 Å². The van der Waals surface area contributed by atoms with E-state index in [9.17, 15) is 4.79 Å². The van der Waals surface area contributed by atoms with Crippen molar-refractivity contribution in [2.75, 3.05) is 19.2 Å². The lowest BCUT2D eigenvalue weighted by Gasteiger charge is -2.04. The third-order valence-electron chi connectivity index (χ3n) is 1.42. The zero-order chi connectivity index (χ0) is 10.4. The maximum absolute atomic E-state index is 11.2. The van der Waals surface area contributed by atoms with Gasteiger partial charge in [-0.15, -0.1) is 17.9 Å². The van der Waals surface area contributed by atoms with E-state index >= 15 is 0 Å². The molecule has 14 heavy (non-hydrogen) atoms. The number of esters is 1. The van der Waals surface area contributed by atoms with E-state index < -0.39 is 0 Å². The molecule has 0 atom stereocenters. The number of hydrogen-bond acceptors (Lipinski definition) is 5. The van der Waals surface area contributed by atoms with Crippen molar-refractivity contribution in [3.8, 4) is 0 Å². The van der Waals surface area contributed by atoms with Gasteiger partial charge < -0.3 is 4.74 Å². The summed E-state index contributed by atoms with van der Waals surface area (Å²) in [6.07, 6.45) is 1.61. The van der Waals surface area contributed by atoms with Gasteiger partial charge in [-0.3, -0.25) is 10.3 Å². The Balaban J connectivity index is 2.62. The van der Waals surface area contributed by atoms with Gasteiger partial charge in [-0.2, -0.15) is 0 Å². The number of rotatable bonds is 5. The SMILES string of the molecule is C=CCONc1ccsc1C(=O)OC. The van der Waals surface area contributed by atoms with Gasteiger partial charge in [0.2, 0.25) is 0 Å². The van der Waals surface area contributed by atoms with Crippen molar-refractivity contribution in [3.05, 3.63) is 29.0 Å². The van der Waals surface area contributed by atoms with Crippen LogP contribution in [0.4, 0.5) is 5.69 Å². The van der Waals surface area contributed by atoms with Crippen molar-refractivity contribution in [3.63, 3.8) is 0 Å². The van der Waals surface area contributed by atoms with Gasteiger partial charge in [0, 0.05) is 0 Å². The average Bonchev–Trinajstić information content (AvgIpc) is 2.65. The molecule has 0 aliphatic heterocycles. The van der Waals surface area contributed by atoms with Crippen LogP contribution in [0.2, 0.25) is 0 Å². The van der Waals surface area contributed by atoms with E-state index in [0.717, 1.165) is 0 Å². The van der Waals surface area contributed by atoms with Gasteiger partial charge in [0.05, 0.1) is 19.4 Å². The van der Waals surface area contributed by atoms with Crippen LogP contribution in [-0.2, 0) is 9.57 Å². The van der Waals surface area contributed by atoms with Crippen molar-refractivity contribution in [2.45, 2.75) is 0 Å². The summed E-state index contributed by atoms with van der Waals surface area (Å²) in [4.78, 5) is 16.7. The van der Waals surface area contributed by atoms with E-state index in [1.54, 1.807) is 17.5 Å². The quantitative estimate of drug-likeness (QED) is 0.352. The largest absolute Gasteiger partial charge is 0.465 e. The van der Waals surface area contributed by atoms with Crippen LogP contribution in [-0.4, -0.2) is 19.7 Å². The highest BCUT2D eigenvalue weighted by molar-refractivity contribution is 7.12. The predicted octanol–water partition coefficient (Wildman–Crippen LogP) is 2.06. The Morgan fingerprint density at radius 3 is 3.21 bits per heavy atom. The van der Waals surface area contributed by atoms with Crippen LogP contribution in [0.1, 0.15) is 9.67 Å². The zero-order valence-electron chi connectivity index (χ0n) is 7.78. The van der Waals surface area contributed by atoms with Gasteiger partial charge in [-0.25, -0.2) is 4.79 Å². The monoisotopic (exact) mass is 213 g/mol. The average molecular weight is 213 g/mol. The molecule has 1 aromatic heterocycles. The number of hydrogen-bond donors (Lipinski definition) is 1. The minimum atomic E-state index is -0.371. The molecule has 0 spiro atoms. The zero-order valence-corrected chi connectivity index (χ0v) is 8.60. The molecule has 76 valence electrons. The van der Waals surface area contributed by atoms with Gasteiger partial charge in [-0.05, 0) is 11.4 Å². The maximum Gasteiger partial charge on any atom is 0.350 e. The second-order valence-corrected chi connectivity index (χ2v) is 3.27. The van der Waals surface area contributed by atoms with Gasteiger partial charge in [0.1, 0.15) is 4.88 Å². The molecule has 1 rings (SSSR count). The Labute approximate surface area is 86.1 Å². The first-order chi connectivity index (χ1) is 6.79. The highest BCUT2D eigenvalue weighted by atomic mass is 32.1. The Bertz CT molecular complexity index is 322. The van der Waals surface area contributed by atoms with Crippen molar-refractivity contribution >= 4 is 23.0 Å². The van der Waals surface area contributed by atoms with Gasteiger partial charge >= 0.3 is 5.97 Å². The molecule has 0 amide bonds. The molecule has 1 aromatic rings. The van der Waals surface area contributed by atoms with Crippen LogP contribution in [0.25, 0.3) is 0 Å². The minimum absolute atomic E-state index is 0.371. The van der Waals surface area contributed by atoms with E-state index in [0.29, 0.717) is 17.2 Å². The first kappa shape index (κ1) is 10.7. The summed E-state index contributed by atoms with van der Waals surface area (Å²) in [5, 5.41) is 1.78. The molecule has 1 heterocycles. The molecule has 5 heteroatoms. The maximum atomic E-state index is 11.2. The fourth-order valence-corrected chi connectivity index (χ4v) is 1.58. The molecule has 0 saturated heterocycles. The predicted molar refractivity (Wildman–Crippen MR) is 55.4 cm³/mol. The second-order valence-electron chi connectivity index (χ2n) is 2.36. The molecule has 0 fully saturated rings. The van der Waals surface area contributed by atoms with E-state index in [4.69, 9.17) is 4.84 Å². The highest BCUT2D eigenvalue weighted by Gasteiger charge is 2.12. The van der Waals surface area contributed by atoms with Crippen molar-refractivity contribution in [1.82, 2.24) is 0 Å². The molecular formula is C9H11NO3S. The number of carbonyl (C=O) groups is 1. The fraction of sp³-hybridized carbons (Fsp3) is 0.222. The topological polar surface area (TPSA) is 47.6 Å². The lowest BCUT2D eigenvalue weighted by atomic mass is 10.4. The number of methoxy groups -OCH3 is 1. The number of thiophene rings is 1. The molecule has 0 aliphatic carbocycles. The number of anilines is 1. The molecule has 0 unspecified atom stereocenters. The molecule has 1 N–H and O–H groups in total. The van der Waals surface area contributed by atoms with Crippen LogP contribution in [0, 0.1) is 0 Å². The van der Waals surface area contributed by atoms with E-state index in [1.807, 2.05) is 0 Å². The van der Waals surface area contributed by atoms with Gasteiger partial charge in [-0.1, -0.05) is 6.08 Å². The Hall–Kier alpha value is -1.33. The number of nitrogens with one attached hydrogen (secondary N) is 1. The van der Waals surface area contributed by atoms with Crippen LogP contribution < -0.4 is 5.48 Å². The van der Waals surface area contributed by atoms with Gasteiger partial charge in [0.15, 0.2) is 0 Å². The summed E-state index contributed by atoms with van der Waals surface area (Å²) in [6.45, 7) is 3.87. The fourth-order valence-electron chi connectivity index (χ4n) is 0.819. The molecule has 0 radical (unpaired) electrons. The first-order valence-corrected chi connectivity index (χ1v) is 4.82. The summed E-state index contributed by atoms with van der Waals surface area (Å²) in [6, 6.07) is 1.75. The third-order valence-corrected chi connectivity index (χ3v) is 2.31. The molecular weight excluding hydrogens is 202 g/mol. The Morgan fingerprint density at radius 1 is 1.79 bits per heavy atom. The van der Waals surface area contributed by atoms with E-state index in [2.05, 4.69) is 16.8 Å². The summed E-state index contributed by atoms with van der Waals surface area (Å²) >= 11 is 1.30. The molecule has 4 nitrogen and oxygen atoms in total. The third kappa shape index (κ3) is 2.58. The summed E-state index contributed by atoms with van der Waals surface area (Å²) in [5.74, 6) is -0.371. The second kappa shape index (κ2) is 5.41. The van der Waals surface area contributed by atoms with E-state index in [-0.39, 0.29) is 5.97 Å². The first-order valence-electron chi connectivity index (χ1n) is 3.94. The standard InChI is InChI=1S/C9H11NO3S/c1-3-5-13-10-7-4-6-14-8(7)9(11)12-2/h3-4,6,10H,1,5H2,2H3. The lowest BCUT2D eigenvalue weighted by molar-refractivity contribution is 0.0606. The Kier molecular flexibility index (Phi) is 4.15. The van der Waals surface area contributed by atoms with E-state index in [1.165, 1.54) is 18.4 Å².